The van der Waals surface area contributed by atoms with Crippen LogP contribution < -0.4 is 4.74 Å². The zero-order chi connectivity index (χ0) is 44.0. The molecule has 12 aromatic carbocycles. The van der Waals surface area contributed by atoms with Gasteiger partial charge in [0.25, 0.3) is 0 Å². The molecule has 0 amide bonds. The third kappa shape index (κ3) is 5.88. The number of rotatable bonds is 6. The molecule has 0 saturated carbocycles. The van der Waals surface area contributed by atoms with Crippen molar-refractivity contribution in [1.29, 1.82) is 0 Å². The maximum atomic E-state index is 6.71. The molecule has 310 valence electrons. The van der Waals surface area contributed by atoms with Crippen LogP contribution in [0.4, 0.5) is 0 Å². The summed E-state index contributed by atoms with van der Waals surface area (Å²) in [6, 6.07) is 89.0. The summed E-state index contributed by atoms with van der Waals surface area (Å²) in [7, 11) is 0. The summed E-state index contributed by atoms with van der Waals surface area (Å²) < 4.78 is 6.71. The minimum absolute atomic E-state index is 0.884. The monoisotopic (exact) mass is 848 g/mol. The van der Waals surface area contributed by atoms with Gasteiger partial charge in [-0.15, -0.1) is 0 Å². The largest absolute Gasteiger partial charge is 0.456 e. The van der Waals surface area contributed by atoms with Gasteiger partial charge in [0.1, 0.15) is 11.5 Å². The lowest BCUT2D eigenvalue weighted by Gasteiger charge is -2.23. The Balaban J connectivity index is 0.976. The van der Waals surface area contributed by atoms with Gasteiger partial charge >= 0.3 is 0 Å². The first-order valence-electron chi connectivity index (χ1n) is 23.2. The third-order valence-corrected chi connectivity index (χ3v) is 14.2. The van der Waals surface area contributed by atoms with Gasteiger partial charge in [0.2, 0.25) is 0 Å². The van der Waals surface area contributed by atoms with Crippen LogP contribution >= 0.6 is 0 Å². The molecule has 0 bridgehead atoms. The molecule has 0 spiro atoms. The van der Waals surface area contributed by atoms with Crippen LogP contribution in [0.25, 0.3) is 132 Å². The van der Waals surface area contributed by atoms with Gasteiger partial charge < -0.3 is 4.74 Å². The molecule has 2 aliphatic rings. The molecular formula is C66H40O. The lowest BCUT2D eigenvalue weighted by Crippen LogP contribution is -1.98. The van der Waals surface area contributed by atoms with Crippen molar-refractivity contribution >= 4 is 32.3 Å². The Morgan fingerprint density at radius 3 is 1.39 bits per heavy atom. The van der Waals surface area contributed by atoms with Gasteiger partial charge in [0.15, 0.2) is 0 Å². The van der Waals surface area contributed by atoms with Crippen molar-refractivity contribution in [3.8, 4) is 112 Å². The average Bonchev–Trinajstić information content (AvgIpc) is 3.73. The summed E-state index contributed by atoms with van der Waals surface area (Å²) in [5.74, 6) is 1.77. The van der Waals surface area contributed by atoms with Crippen molar-refractivity contribution in [1.82, 2.24) is 0 Å². The maximum absolute atomic E-state index is 6.71. The highest BCUT2D eigenvalue weighted by molar-refractivity contribution is 6.27. The van der Waals surface area contributed by atoms with Gasteiger partial charge in [-0.2, -0.15) is 0 Å². The van der Waals surface area contributed by atoms with Gasteiger partial charge in [-0.1, -0.05) is 200 Å². The van der Waals surface area contributed by atoms with Crippen molar-refractivity contribution in [2.45, 2.75) is 0 Å². The van der Waals surface area contributed by atoms with Gasteiger partial charge in [0, 0.05) is 10.9 Å². The highest BCUT2D eigenvalue weighted by atomic mass is 16.5. The standard InChI is InChI=1S/C66H40O/c1-4-16-41(17-5-1)46-32-34-59-58(40-46)55-29-15-28-52-51(33-35-60(67-59)64(52)55)50-38-48(42-18-6-2-7-19-42)37-49(39-50)45-24-12-25-47(36-45)63-54-27-11-10-26-53(54)62(44-20-8-3-9-21-44)65-56-30-13-22-43-23-14-31-57(61(43)56)66(63)65/h1-40H. The molecular weight excluding hydrogens is 809 g/mol. The summed E-state index contributed by atoms with van der Waals surface area (Å²) in [5.41, 5.74) is 21.9. The fourth-order valence-corrected chi connectivity index (χ4v) is 11.2. The second-order valence-corrected chi connectivity index (χ2v) is 17.9. The molecule has 0 N–H and O–H groups in total. The smallest absolute Gasteiger partial charge is 0.135 e. The number of hydrogen-bond acceptors (Lipinski definition) is 1. The van der Waals surface area contributed by atoms with Gasteiger partial charge in [-0.25, -0.2) is 0 Å². The van der Waals surface area contributed by atoms with E-state index in [1.807, 2.05) is 0 Å². The number of ether oxygens (including phenoxy) is 1. The Morgan fingerprint density at radius 2 is 0.687 bits per heavy atom. The summed E-state index contributed by atoms with van der Waals surface area (Å²) in [4.78, 5) is 0. The van der Waals surface area contributed by atoms with Gasteiger partial charge in [-0.3, -0.25) is 0 Å². The lowest BCUT2D eigenvalue weighted by atomic mass is 9.82. The SMILES string of the molecule is c1ccc(-c2cc(-c3cccc(-c4c5c(c(-c6ccccc6)c6ccccc46)-c4cccc6cccc-5c46)c3)cc(-c3ccc4c5c(cccc35)-c3cc(-c5ccccc5)ccc3O4)c2)cc1. The average molecular weight is 849 g/mol. The van der Waals surface area contributed by atoms with E-state index in [9.17, 15) is 0 Å². The Hall–Kier alpha value is -8.78. The highest BCUT2D eigenvalue weighted by Crippen LogP contribution is 2.58. The van der Waals surface area contributed by atoms with Crippen molar-refractivity contribution < 1.29 is 4.74 Å². The molecule has 0 unspecified atom stereocenters. The van der Waals surface area contributed by atoms with E-state index in [1.54, 1.807) is 0 Å². The minimum Gasteiger partial charge on any atom is -0.456 e. The van der Waals surface area contributed by atoms with E-state index in [2.05, 4.69) is 243 Å². The maximum Gasteiger partial charge on any atom is 0.135 e. The van der Waals surface area contributed by atoms with Crippen molar-refractivity contribution in [2.75, 3.05) is 0 Å². The fourth-order valence-electron chi connectivity index (χ4n) is 11.2. The Bertz CT molecular complexity index is 3970. The van der Waals surface area contributed by atoms with Gasteiger partial charge in [0.05, 0.1) is 0 Å². The molecule has 14 rings (SSSR count). The third-order valence-electron chi connectivity index (χ3n) is 14.2. The molecule has 0 aromatic heterocycles. The minimum atomic E-state index is 0.884. The first-order valence-corrected chi connectivity index (χ1v) is 23.2. The normalized spacial score (nSPS) is 12.0. The molecule has 0 atom stereocenters. The van der Waals surface area contributed by atoms with Crippen LogP contribution in [-0.2, 0) is 0 Å². The Labute approximate surface area is 389 Å². The first kappa shape index (κ1) is 37.6. The molecule has 1 aliphatic carbocycles. The number of benzene rings is 12. The Kier molecular flexibility index (Phi) is 8.35. The second-order valence-electron chi connectivity index (χ2n) is 17.9. The van der Waals surface area contributed by atoms with E-state index < -0.39 is 0 Å². The quantitative estimate of drug-likeness (QED) is 0.162. The Morgan fingerprint density at radius 1 is 0.209 bits per heavy atom. The predicted molar refractivity (Wildman–Crippen MR) is 282 cm³/mol. The van der Waals surface area contributed by atoms with E-state index in [0.29, 0.717) is 0 Å². The van der Waals surface area contributed by atoms with Crippen LogP contribution in [0.1, 0.15) is 0 Å². The van der Waals surface area contributed by atoms with E-state index in [4.69, 9.17) is 4.74 Å². The molecule has 0 fully saturated rings. The molecule has 1 heterocycles. The molecule has 1 nitrogen and oxygen atoms in total. The lowest BCUT2D eigenvalue weighted by molar-refractivity contribution is 0.487. The van der Waals surface area contributed by atoms with Crippen LogP contribution in [0, 0.1) is 0 Å². The highest BCUT2D eigenvalue weighted by Gasteiger charge is 2.31. The molecule has 0 radical (unpaired) electrons. The number of hydrogen-bond donors (Lipinski definition) is 0. The van der Waals surface area contributed by atoms with Crippen molar-refractivity contribution in [3.05, 3.63) is 243 Å². The summed E-state index contributed by atoms with van der Waals surface area (Å²) in [5, 5.41) is 7.43. The van der Waals surface area contributed by atoms with Crippen LogP contribution in [0.15, 0.2) is 243 Å². The summed E-state index contributed by atoms with van der Waals surface area (Å²) in [6.45, 7) is 0. The van der Waals surface area contributed by atoms with E-state index >= 15 is 0 Å². The summed E-state index contributed by atoms with van der Waals surface area (Å²) >= 11 is 0. The molecule has 12 aromatic rings. The van der Waals surface area contributed by atoms with E-state index in [0.717, 1.165) is 28.0 Å². The molecule has 1 heteroatoms. The van der Waals surface area contributed by atoms with E-state index in [1.165, 1.54) is 116 Å². The zero-order valence-electron chi connectivity index (χ0n) is 36.5. The van der Waals surface area contributed by atoms with E-state index in [-0.39, 0.29) is 0 Å². The predicted octanol–water partition coefficient (Wildman–Crippen LogP) is 18.6. The van der Waals surface area contributed by atoms with Crippen LogP contribution in [0.3, 0.4) is 0 Å². The van der Waals surface area contributed by atoms with Crippen molar-refractivity contribution in [2.24, 2.45) is 0 Å². The van der Waals surface area contributed by atoms with Crippen LogP contribution in [0.5, 0.6) is 11.5 Å². The fraction of sp³-hybridized carbons (Fsp3) is 0. The number of fused-ring (bicyclic) bond motifs is 6. The zero-order valence-corrected chi connectivity index (χ0v) is 36.5. The first-order chi connectivity index (χ1) is 33.2. The topological polar surface area (TPSA) is 9.23 Å². The molecule has 1 aliphatic heterocycles. The van der Waals surface area contributed by atoms with Crippen molar-refractivity contribution in [3.63, 3.8) is 0 Å². The van der Waals surface area contributed by atoms with Gasteiger partial charge in [-0.05, 0) is 164 Å². The molecule has 67 heavy (non-hydrogen) atoms. The second kappa shape index (κ2) is 14.9. The van der Waals surface area contributed by atoms with Crippen LogP contribution in [0.2, 0.25) is 0 Å². The molecule has 0 saturated heterocycles. The summed E-state index contributed by atoms with van der Waals surface area (Å²) in [6.07, 6.45) is 0. The van der Waals surface area contributed by atoms with Crippen LogP contribution in [-0.4, -0.2) is 0 Å².